The van der Waals surface area contributed by atoms with E-state index in [0.717, 1.165) is 0 Å². The van der Waals surface area contributed by atoms with E-state index in [0.29, 0.717) is 12.4 Å². The number of benzene rings is 1. The molecule has 1 aromatic rings. The van der Waals surface area contributed by atoms with Crippen molar-refractivity contribution in [3.05, 3.63) is 23.8 Å². The van der Waals surface area contributed by atoms with E-state index >= 15 is 0 Å². The highest BCUT2D eigenvalue weighted by Gasteiger charge is 2.13. The number of hydrogen-bond acceptors (Lipinski definition) is 4. The van der Waals surface area contributed by atoms with Gasteiger partial charge in [0.1, 0.15) is 11.8 Å². The Kier molecular flexibility index (Phi) is 3.56. The van der Waals surface area contributed by atoms with E-state index in [9.17, 15) is 8.42 Å². The van der Waals surface area contributed by atoms with Crippen LogP contribution in [0.25, 0.3) is 0 Å². The minimum atomic E-state index is -3.80. The Hall–Kier alpha value is -1.25. The summed E-state index contributed by atoms with van der Waals surface area (Å²) in [6, 6.07) is 5.75. The molecule has 0 radical (unpaired) electrons. The van der Waals surface area contributed by atoms with Gasteiger partial charge in [0.05, 0.1) is 17.1 Å². The van der Waals surface area contributed by atoms with Crippen molar-refractivity contribution in [2.24, 2.45) is 0 Å². The van der Waals surface area contributed by atoms with Crippen LogP contribution in [0.4, 0.5) is 0 Å². The van der Waals surface area contributed by atoms with Crippen LogP contribution in [0.5, 0.6) is 5.75 Å². The van der Waals surface area contributed by atoms with E-state index in [1.54, 1.807) is 6.92 Å². The molecule has 0 amide bonds. The summed E-state index contributed by atoms with van der Waals surface area (Å²) in [5.41, 5.74) is 0.151. The van der Waals surface area contributed by atoms with E-state index in [-0.39, 0.29) is 10.5 Å². The molecule has 0 atom stereocenters. The summed E-state index contributed by atoms with van der Waals surface area (Å²) in [6.45, 7) is 2.18. The molecule has 0 N–H and O–H groups in total. The zero-order valence-electron chi connectivity index (χ0n) is 7.90. The van der Waals surface area contributed by atoms with Crippen LogP contribution in [0.15, 0.2) is 23.1 Å². The Balaban J connectivity index is 3.27. The topological polar surface area (TPSA) is 67.2 Å². The van der Waals surface area contributed by atoms with Gasteiger partial charge in [-0.3, -0.25) is 0 Å². The molecule has 0 heterocycles. The van der Waals surface area contributed by atoms with E-state index in [1.807, 2.05) is 6.07 Å². The van der Waals surface area contributed by atoms with Gasteiger partial charge in [0, 0.05) is 10.7 Å². The molecule has 0 saturated heterocycles. The maximum Gasteiger partial charge on any atom is 0.261 e. The first-order chi connectivity index (χ1) is 6.99. The first-order valence-corrected chi connectivity index (χ1v) is 6.41. The smallest absolute Gasteiger partial charge is 0.261 e. The quantitative estimate of drug-likeness (QED) is 0.763. The summed E-state index contributed by atoms with van der Waals surface area (Å²) in [5, 5.41) is 8.77. The maximum absolute atomic E-state index is 11.0. The summed E-state index contributed by atoms with van der Waals surface area (Å²) in [7, 11) is 1.34. The third-order valence-electron chi connectivity index (χ3n) is 1.65. The van der Waals surface area contributed by atoms with Crippen molar-refractivity contribution in [1.29, 1.82) is 5.26 Å². The predicted molar refractivity (Wildman–Crippen MR) is 55.4 cm³/mol. The minimum absolute atomic E-state index is 0.107. The van der Waals surface area contributed by atoms with Crippen LogP contribution in [0.1, 0.15) is 12.5 Å². The number of nitriles is 1. The molecule has 0 aromatic heterocycles. The number of rotatable bonds is 3. The van der Waals surface area contributed by atoms with Crippen molar-refractivity contribution < 1.29 is 13.2 Å². The lowest BCUT2D eigenvalue weighted by molar-refractivity contribution is 0.339. The molecule has 0 fully saturated rings. The molecule has 0 saturated carbocycles. The van der Waals surface area contributed by atoms with Gasteiger partial charge in [0.15, 0.2) is 0 Å². The maximum atomic E-state index is 11.0. The molecular weight excluding hydrogens is 238 g/mol. The van der Waals surface area contributed by atoms with Gasteiger partial charge < -0.3 is 4.74 Å². The van der Waals surface area contributed by atoms with E-state index in [1.165, 1.54) is 18.2 Å². The van der Waals surface area contributed by atoms with Crippen molar-refractivity contribution in [3.63, 3.8) is 0 Å². The molecule has 0 aliphatic heterocycles. The van der Waals surface area contributed by atoms with Gasteiger partial charge in [-0.25, -0.2) is 8.42 Å². The monoisotopic (exact) mass is 245 g/mol. The van der Waals surface area contributed by atoms with Gasteiger partial charge in [0.2, 0.25) is 0 Å². The number of ether oxygens (including phenoxy) is 1. The second kappa shape index (κ2) is 4.51. The second-order valence-electron chi connectivity index (χ2n) is 2.64. The Bertz CT molecular complexity index is 505. The number of hydrogen-bond donors (Lipinski definition) is 0. The normalized spacial score (nSPS) is 10.7. The fourth-order valence-corrected chi connectivity index (χ4v) is 1.81. The number of halogens is 1. The van der Waals surface area contributed by atoms with Crippen LogP contribution < -0.4 is 4.74 Å². The van der Waals surface area contributed by atoms with Crippen LogP contribution >= 0.6 is 10.7 Å². The molecule has 0 aliphatic rings. The van der Waals surface area contributed by atoms with Crippen molar-refractivity contribution in [3.8, 4) is 11.8 Å². The highest BCUT2D eigenvalue weighted by Crippen LogP contribution is 2.23. The molecule has 0 aliphatic carbocycles. The largest absolute Gasteiger partial charge is 0.492 e. The Morgan fingerprint density at radius 3 is 2.67 bits per heavy atom. The van der Waals surface area contributed by atoms with Gasteiger partial charge in [-0.05, 0) is 25.1 Å². The first-order valence-electron chi connectivity index (χ1n) is 4.10. The van der Waals surface area contributed by atoms with Gasteiger partial charge in [-0.15, -0.1) is 0 Å². The fraction of sp³-hybridized carbons (Fsp3) is 0.222. The molecular formula is C9H8ClNO3S. The molecule has 0 spiro atoms. The highest BCUT2D eigenvalue weighted by atomic mass is 35.7. The third-order valence-corrected chi connectivity index (χ3v) is 3.00. The molecule has 1 rings (SSSR count). The summed E-state index contributed by atoms with van der Waals surface area (Å²) in [6.07, 6.45) is 0. The van der Waals surface area contributed by atoms with Crippen LogP contribution in [-0.2, 0) is 9.05 Å². The van der Waals surface area contributed by atoms with Crippen LogP contribution in [0.3, 0.4) is 0 Å². The zero-order valence-corrected chi connectivity index (χ0v) is 9.47. The number of nitrogens with zero attached hydrogens (tertiary/aromatic N) is 1. The van der Waals surface area contributed by atoms with Crippen LogP contribution in [0, 0.1) is 11.3 Å². The summed E-state index contributed by atoms with van der Waals surface area (Å²) < 4.78 is 27.1. The van der Waals surface area contributed by atoms with Gasteiger partial charge in [0.25, 0.3) is 9.05 Å². The summed E-state index contributed by atoms with van der Waals surface area (Å²) in [4.78, 5) is -0.107. The van der Waals surface area contributed by atoms with Gasteiger partial charge in [-0.2, -0.15) is 5.26 Å². The molecule has 15 heavy (non-hydrogen) atoms. The predicted octanol–water partition coefficient (Wildman–Crippen LogP) is 1.88. The average molecular weight is 246 g/mol. The second-order valence-corrected chi connectivity index (χ2v) is 5.21. The summed E-state index contributed by atoms with van der Waals surface area (Å²) >= 11 is 0. The van der Waals surface area contributed by atoms with Gasteiger partial charge >= 0.3 is 0 Å². The molecule has 1 aromatic carbocycles. The van der Waals surface area contributed by atoms with E-state index in [4.69, 9.17) is 20.7 Å². The van der Waals surface area contributed by atoms with Gasteiger partial charge in [-0.1, -0.05) is 0 Å². The zero-order chi connectivity index (χ0) is 11.5. The van der Waals surface area contributed by atoms with Crippen molar-refractivity contribution in [2.45, 2.75) is 11.8 Å². The standard InChI is InChI=1S/C9H8ClNO3S/c1-2-14-9-4-3-8(15(10,12)13)5-7(9)6-11/h3-5H,2H2,1H3. The van der Waals surface area contributed by atoms with Crippen LogP contribution in [0.2, 0.25) is 0 Å². The van der Waals surface area contributed by atoms with E-state index < -0.39 is 9.05 Å². The Morgan fingerprint density at radius 1 is 1.53 bits per heavy atom. The Labute approximate surface area is 92.5 Å². The SMILES string of the molecule is CCOc1ccc(S(=O)(=O)Cl)cc1C#N. The lowest BCUT2D eigenvalue weighted by Gasteiger charge is -2.05. The average Bonchev–Trinajstić information content (AvgIpc) is 2.17. The third kappa shape index (κ3) is 2.85. The van der Waals surface area contributed by atoms with Crippen molar-refractivity contribution in [1.82, 2.24) is 0 Å². The molecule has 4 nitrogen and oxygen atoms in total. The molecule has 0 unspecified atom stereocenters. The Morgan fingerprint density at radius 2 is 2.20 bits per heavy atom. The van der Waals surface area contributed by atoms with Crippen molar-refractivity contribution in [2.75, 3.05) is 6.61 Å². The molecule has 80 valence electrons. The van der Waals surface area contributed by atoms with E-state index in [2.05, 4.69) is 0 Å². The first kappa shape index (κ1) is 11.8. The highest BCUT2D eigenvalue weighted by molar-refractivity contribution is 8.13. The van der Waals surface area contributed by atoms with Crippen LogP contribution in [-0.4, -0.2) is 15.0 Å². The van der Waals surface area contributed by atoms with Crippen molar-refractivity contribution >= 4 is 19.7 Å². The molecule has 0 bridgehead atoms. The minimum Gasteiger partial charge on any atom is -0.492 e. The summed E-state index contributed by atoms with van der Waals surface area (Å²) in [5.74, 6) is 0.351. The molecule has 6 heteroatoms. The fourth-order valence-electron chi connectivity index (χ4n) is 1.03. The lowest BCUT2D eigenvalue weighted by atomic mass is 10.2. The lowest BCUT2D eigenvalue weighted by Crippen LogP contribution is -1.97.